The van der Waals surface area contributed by atoms with Crippen molar-refractivity contribution in [3.05, 3.63) is 18.0 Å². The maximum atomic E-state index is 6.04. The summed E-state index contributed by atoms with van der Waals surface area (Å²) in [5.74, 6) is 1.22. The van der Waals surface area contributed by atoms with Crippen LogP contribution in [0.1, 0.15) is 18.9 Å². The summed E-state index contributed by atoms with van der Waals surface area (Å²) in [6, 6.07) is 0. The summed E-state index contributed by atoms with van der Waals surface area (Å²) >= 11 is 2.03. The van der Waals surface area contributed by atoms with Crippen LogP contribution >= 0.6 is 11.8 Å². The average molecular weight is 254 g/mol. The molecule has 1 saturated heterocycles. The number of aromatic nitrogens is 2. The Morgan fingerprint density at radius 2 is 2.47 bits per heavy atom. The van der Waals surface area contributed by atoms with Crippen molar-refractivity contribution in [2.24, 2.45) is 12.8 Å². The molecule has 0 saturated carbocycles. The highest BCUT2D eigenvalue weighted by Gasteiger charge is 2.42. The van der Waals surface area contributed by atoms with Crippen molar-refractivity contribution in [1.82, 2.24) is 14.7 Å². The minimum absolute atomic E-state index is 0.153. The summed E-state index contributed by atoms with van der Waals surface area (Å²) in [5.41, 5.74) is 7.45. The third kappa shape index (κ3) is 2.37. The third-order valence-electron chi connectivity index (χ3n) is 3.95. The molecule has 0 aromatic carbocycles. The molecule has 4 nitrogen and oxygen atoms in total. The van der Waals surface area contributed by atoms with E-state index in [0.717, 1.165) is 13.1 Å². The quantitative estimate of drug-likeness (QED) is 0.873. The van der Waals surface area contributed by atoms with Crippen LogP contribution in [0.15, 0.2) is 12.4 Å². The van der Waals surface area contributed by atoms with Crippen molar-refractivity contribution in [3.8, 4) is 0 Å². The van der Waals surface area contributed by atoms with Crippen molar-refractivity contribution < 1.29 is 0 Å². The maximum Gasteiger partial charge on any atom is 0.0534 e. The van der Waals surface area contributed by atoms with E-state index in [1.54, 1.807) is 0 Å². The van der Waals surface area contributed by atoms with E-state index in [0.29, 0.717) is 5.25 Å². The fraction of sp³-hybridized carbons (Fsp3) is 0.750. The molecule has 1 aromatic rings. The number of hydrogen-bond acceptors (Lipinski definition) is 4. The van der Waals surface area contributed by atoms with E-state index in [1.807, 2.05) is 29.7 Å². The largest absolute Gasteiger partial charge is 0.329 e. The lowest BCUT2D eigenvalue weighted by Crippen LogP contribution is -2.55. The Balaban J connectivity index is 2.10. The number of likely N-dealkylation sites (N-methyl/N-ethyl adjacent to an activating group) is 1. The Morgan fingerprint density at radius 3 is 2.94 bits per heavy atom. The summed E-state index contributed by atoms with van der Waals surface area (Å²) in [7, 11) is 4.14. The monoisotopic (exact) mass is 254 g/mol. The molecular weight excluding hydrogens is 232 g/mol. The number of rotatable bonds is 4. The van der Waals surface area contributed by atoms with Gasteiger partial charge in [0.25, 0.3) is 0 Å². The highest BCUT2D eigenvalue weighted by Crippen LogP contribution is 2.39. The Labute approximate surface area is 108 Å². The zero-order chi connectivity index (χ0) is 12.5. The van der Waals surface area contributed by atoms with E-state index in [-0.39, 0.29) is 5.54 Å². The van der Waals surface area contributed by atoms with Gasteiger partial charge in [-0.1, -0.05) is 6.92 Å². The molecule has 1 aliphatic rings. The molecule has 0 amide bonds. The molecule has 0 aliphatic carbocycles. The minimum atomic E-state index is 0.153. The first-order valence-electron chi connectivity index (χ1n) is 6.09. The Hall–Kier alpha value is -0.520. The molecule has 2 rings (SSSR count). The molecule has 2 atom stereocenters. The fourth-order valence-corrected chi connectivity index (χ4v) is 4.21. The highest BCUT2D eigenvalue weighted by molar-refractivity contribution is 8.00. The molecule has 2 heterocycles. The topological polar surface area (TPSA) is 47.1 Å². The molecule has 5 heteroatoms. The van der Waals surface area contributed by atoms with Gasteiger partial charge in [-0.2, -0.15) is 16.9 Å². The molecule has 1 aliphatic heterocycles. The molecule has 96 valence electrons. The van der Waals surface area contributed by atoms with Gasteiger partial charge in [-0.15, -0.1) is 0 Å². The number of hydrogen-bond donors (Lipinski definition) is 1. The average Bonchev–Trinajstić information content (AvgIpc) is 2.86. The van der Waals surface area contributed by atoms with E-state index in [2.05, 4.69) is 30.2 Å². The van der Waals surface area contributed by atoms with Crippen LogP contribution in [0.5, 0.6) is 0 Å². The Kier molecular flexibility index (Phi) is 3.80. The van der Waals surface area contributed by atoms with Crippen LogP contribution < -0.4 is 5.73 Å². The molecule has 0 bridgehead atoms. The molecule has 1 aromatic heterocycles. The van der Waals surface area contributed by atoms with Crippen LogP contribution in [-0.4, -0.2) is 44.8 Å². The van der Waals surface area contributed by atoms with Crippen molar-refractivity contribution in [1.29, 1.82) is 0 Å². The first-order valence-corrected chi connectivity index (χ1v) is 7.14. The second kappa shape index (κ2) is 5.00. The van der Waals surface area contributed by atoms with Crippen molar-refractivity contribution >= 4 is 11.8 Å². The predicted octanol–water partition coefficient (Wildman–Crippen LogP) is 1.07. The van der Waals surface area contributed by atoms with Crippen molar-refractivity contribution in [2.45, 2.75) is 30.7 Å². The van der Waals surface area contributed by atoms with Crippen LogP contribution in [0, 0.1) is 0 Å². The van der Waals surface area contributed by atoms with Crippen LogP contribution in [0.3, 0.4) is 0 Å². The highest BCUT2D eigenvalue weighted by atomic mass is 32.2. The third-order valence-corrected chi connectivity index (χ3v) is 5.33. The lowest BCUT2D eigenvalue weighted by molar-refractivity contribution is 0.122. The van der Waals surface area contributed by atoms with Gasteiger partial charge in [0.1, 0.15) is 0 Å². The summed E-state index contributed by atoms with van der Waals surface area (Å²) in [4.78, 5) is 2.41. The molecule has 1 fully saturated rings. The maximum absolute atomic E-state index is 6.04. The zero-order valence-electron chi connectivity index (χ0n) is 10.9. The molecule has 0 spiro atoms. The minimum Gasteiger partial charge on any atom is -0.329 e. The van der Waals surface area contributed by atoms with Gasteiger partial charge >= 0.3 is 0 Å². The van der Waals surface area contributed by atoms with Gasteiger partial charge in [-0.05, 0) is 19.2 Å². The van der Waals surface area contributed by atoms with E-state index in [1.165, 1.54) is 17.7 Å². The first-order chi connectivity index (χ1) is 8.08. The normalized spacial score (nSPS) is 29.1. The summed E-state index contributed by atoms with van der Waals surface area (Å²) in [6.45, 7) is 3.96. The standard InChI is InChI=1S/C12H22N4S/c1-10-12(9-13,4-5-17-10)15(2)7-11-6-14-16(3)8-11/h6,8,10H,4-5,7,9,13H2,1-3H3. The lowest BCUT2D eigenvalue weighted by atomic mass is 9.90. The van der Waals surface area contributed by atoms with Gasteiger partial charge in [0, 0.05) is 42.7 Å². The first kappa shape index (κ1) is 12.9. The van der Waals surface area contributed by atoms with E-state index < -0.39 is 0 Å². The van der Waals surface area contributed by atoms with Crippen molar-refractivity contribution in [2.75, 3.05) is 19.3 Å². The SMILES string of the molecule is CC1SCCC1(CN)N(C)Cc1cnn(C)c1. The van der Waals surface area contributed by atoms with E-state index in [4.69, 9.17) is 5.73 Å². The number of nitrogens with zero attached hydrogens (tertiary/aromatic N) is 3. The fourth-order valence-electron chi connectivity index (χ4n) is 2.68. The van der Waals surface area contributed by atoms with Gasteiger partial charge in [-0.3, -0.25) is 9.58 Å². The number of thioether (sulfide) groups is 1. The lowest BCUT2D eigenvalue weighted by Gasteiger charge is -2.40. The van der Waals surface area contributed by atoms with Crippen LogP contribution in [0.4, 0.5) is 0 Å². The Morgan fingerprint density at radius 1 is 1.71 bits per heavy atom. The number of aryl methyl sites for hydroxylation is 1. The molecule has 0 radical (unpaired) electrons. The van der Waals surface area contributed by atoms with Gasteiger partial charge in [0.05, 0.1) is 6.20 Å². The summed E-state index contributed by atoms with van der Waals surface area (Å²) in [5, 5.41) is 4.82. The summed E-state index contributed by atoms with van der Waals surface area (Å²) < 4.78 is 1.85. The van der Waals surface area contributed by atoms with Crippen LogP contribution in [0.25, 0.3) is 0 Å². The smallest absolute Gasteiger partial charge is 0.0534 e. The van der Waals surface area contributed by atoms with E-state index >= 15 is 0 Å². The van der Waals surface area contributed by atoms with Gasteiger partial charge < -0.3 is 5.73 Å². The summed E-state index contributed by atoms with van der Waals surface area (Å²) in [6.07, 6.45) is 5.20. The van der Waals surface area contributed by atoms with Crippen molar-refractivity contribution in [3.63, 3.8) is 0 Å². The molecule has 17 heavy (non-hydrogen) atoms. The van der Waals surface area contributed by atoms with Gasteiger partial charge in [0.2, 0.25) is 0 Å². The second-order valence-corrected chi connectivity index (χ2v) is 6.40. The van der Waals surface area contributed by atoms with Crippen LogP contribution in [0.2, 0.25) is 0 Å². The molecule has 2 N–H and O–H groups in total. The second-order valence-electron chi connectivity index (χ2n) is 4.95. The Bertz CT molecular complexity index is 378. The zero-order valence-corrected chi connectivity index (χ0v) is 11.7. The predicted molar refractivity (Wildman–Crippen MR) is 73.0 cm³/mol. The van der Waals surface area contributed by atoms with Crippen LogP contribution in [-0.2, 0) is 13.6 Å². The molecule has 2 unspecified atom stereocenters. The number of nitrogens with two attached hydrogens (primary N) is 1. The van der Waals surface area contributed by atoms with Gasteiger partial charge in [0.15, 0.2) is 0 Å². The van der Waals surface area contributed by atoms with Gasteiger partial charge in [-0.25, -0.2) is 0 Å². The van der Waals surface area contributed by atoms with E-state index in [9.17, 15) is 0 Å². The molecular formula is C12H22N4S.